The first-order chi connectivity index (χ1) is 16.0. The number of halogens is 2. The van der Waals surface area contributed by atoms with Crippen molar-refractivity contribution in [3.63, 3.8) is 0 Å². The largest absolute Gasteiger partial charge is 0.479 e. The summed E-state index contributed by atoms with van der Waals surface area (Å²) in [7, 11) is 0. The maximum absolute atomic E-state index is 12.7. The van der Waals surface area contributed by atoms with Crippen LogP contribution in [0.5, 0.6) is 5.75 Å². The molecule has 2 aromatic carbocycles. The van der Waals surface area contributed by atoms with Gasteiger partial charge in [-0.2, -0.15) is 5.10 Å². The molecule has 0 heterocycles. The van der Waals surface area contributed by atoms with Gasteiger partial charge in [0.2, 0.25) is 0 Å². The van der Waals surface area contributed by atoms with Gasteiger partial charge in [0.05, 0.1) is 16.2 Å². The van der Waals surface area contributed by atoms with Gasteiger partial charge in [0.15, 0.2) is 6.10 Å². The van der Waals surface area contributed by atoms with Gasteiger partial charge in [-0.3, -0.25) is 19.7 Å². The number of ether oxygens (including phenoxy) is 1. The number of benzene rings is 2. The first-order valence-corrected chi connectivity index (χ1v) is 11.2. The van der Waals surface area contributed by atoms with Crippen molar-refractivity contribution < 1.29 is 19.2 Å². The predicted molar refractivity (Wildman–Crippen MR) is 132 cm³/mol. The van der Waals surface area contributed by atoms with Gasteiger partial charge in [-0.25, -0.2) is 5.43 Å². The standard InChI is InChI=1S/C23H26Cl2N4O5/c1-13(2)9-19(27-22(30)15(4)34-21-8-7-17(24)11-18(21)25)23(31)28-26-12-16-6-5-14(3)20(10-16)29(32)33/h5-8,10-13,15,19H,9H2,1-4H3,(H,27,30)(H,28,31)/b26-12-/t15-,19-/m0/s1. The van der Waals surface area contributed by atoms with Crippen molar-refractivity contribution in [2.24, 2.45) is 11.0 Å². The monoisotopic (exact) mass is 508 g/mol. The molecule has 2 N–H and O–H groups in total. The number of carbonyl (C=O) groups is 2. The lowest BCUT2D eigenvalue weighted by Crippen LogP contribution is -2.49. The van der Waals surface area contributed by atoms with Gasteiger partial charge in [-0.05, 0) is 44.4 Å². The summed E-state index contributed by atoms with van der Waals surface area (Å²) in [6, 6.07) is 8.37. The molecule has 0 aromatic heterocycles. The van der Waals surface area contributed by atoms with Crippen LogP contribution in [0.2, 0.25) is 10.0 Å². The molecule has 0 saturated heterocycles. The first-order valence-electron chi connectivity index (χ1n) is 10.5. The normalized spacial score (nSPS) is 12.9. The molecule has 0 spiro atoms. The van der Waals surface area contributed by atoms with E-state index in [-0.39, 0.29) is 22.4 Å². The van der Waals surface area contributed by atoms with Crippen molar-refractivity contribution in [3.05, 3.63) is 67.7 Å². The highest BCUT2D eigenvalue weighted by atomic mass is 35.5. The van der Waals surface area contributed by atoms with E-state index in [1.807, 2.05) is 13.8 Å². The molecular weight excluding hydrogens is 483 g/mol. The third kappa shape index (κ3) is 8.00. The van der Waals surface area contributed by atoms with Crippen LogP contribution in [0.15, 0.2) is 41.5 Å². The van der Waals surface area contributed by atoms with Crippen LogP contribution in [0.3, 0.4) is 0 Å². The average Bonchev–Trinajstić information content (AvgIpc) is 2.75. The summed E-state index contributed by atoms with van der Waals surface area (Å²) in [6.45, 7) is 6.99. The van der Waals surface area contributed by atoms with Gasteiger partial charge in [0.1, 0.15) is 11.8 Å². The van der Waals surface area contributed by atoms with Crippen LogP contribution in [0.25, 0.3) is 0 Å². The fourth-order valence-corrected chi connectivity index (χ4v) is 3.41. The molecule has 0 aliphatic rings. The number of hydrogen-bond acceptors (Lipinski definition) is 6. The molecular formula is C23H26Cl2N4O5. The number of hydrazone groups is 1. The summed E-state index contributed by atoms with van der Waals surface area (Å²) in [6.07, 6.45) is 0.724. The number of hydrogen-bond donors (Lipinski definition) is 2. The number of carbonyl (C=O) groups excluding carboxylic acids is 2. The van der Waals surface area contributed by atoms with E-state index in [1.54, 1.807) is 31.2 Å². The number of rotatable bonds is 10. The van der Waals surface area contributed by atoms with Crippen LogP contribution in [0.4, 0.5) is 5.69 Å². The lowest BCUT2D eigenvalue weighted by Gasteiger charge is -2.22. The summed E-state index contributed by atoms with van der Waals surface area (Å²) in [5.74, 6) is -0.654. The van der Waals surface area contributed by atoms with Gasteiger partial charge in [-0.15, -0.1) is 0 Å². The quantitative estimate of drug-likeness (QED) is 0.274. The Morgan fingerprint density at radius 3 is 2.47 bits per heavy atom. The van der Waals surface area contributed by atoms with Crippen molar-refractivity contribution >= 4 is 46.9 Å². The highest BCUT2D eigenvalue weighted by Gasteiger charge is 2.25. The highest BCUT2D eigenvalue weighted by molar-refractivity contribution is 6.35. The smallest absolute Gasteiger partial charge is 0.272 e. The maximum atomic E-state index is 12.7. The van der Waals surface area contributed by atoms with E-state index in [9.17, 15) is 19.7 Å². The number of nitro benzene ring substituents is 1. The third-order valence-electron chi connectivity index (χ3n) is 4.73. The molecule has 11 heteroatoms. The second kappa shape index (κ2) is 12.3. The first kappa shape index (κ1) is 27.1. The Balaban J connectivity index is 2.04. The van der Waals surface area contributed by atoms with Crippen LogP contribution in [-0.2, 0) is 9.59 Å². The number of aryl methyl sites for hydroxylation is 1. The fourth-order valence-electron chi connectivity index (χ4n) is 2.96. The van der Waals surface area contributed by atoms with E-state index < -0.39 is 28.9 Å². The van der Waals surface area contributed by atoms with Gasteiger partial charge in [0, 0.05) is 22.2 Å². The Morgan fingerprint density at radius 1 is 1.15 bits per heavy atom. The van der Waals surface area contributed by atoms with Crippen molar-refractivity contribution in [1.82, 2.24) is 10.7 Å². The minimum absolute atomic E-state index is 0.0463. The predicted octanol–water partition coefficient (Wildman–Crippen LogP) is 4.66. The van der Waals surface area contributed by atoms with E-state index in [0.29, 0.717) is 22.6 Å². The summed E-state index contributed by atoms with van der Waals surface area (Å²) in [5.41, 5.74) is 3.30. The highest BCUT2D eigenvalue weighted by Crippen LogP contribution is 2.28. The summed E-state index contributed by atoms with van der Waals surface area (Å²) in [5, 5.41) is 18.3. The average molecular weight is 509 g/mol. The van der Waals surface area contributed by atoms with Crippen LogP contribution in [0.1, 0.15) is 38.3 Å². The maximum Gasteiger partial charge on any atom is 0.272 e. The molecule has 0 radical (unpaired) electrons. The molecule has 182 valence electrons. The molecule has 0 fully saturated rings. The van der Waals surface area contributed by atoms with Crippen LogP contribution in [-0.4, -0.2) is 35.1 Å². The second-order valence-corrected chi connectivity index (χ2v) is 8.91. The summed E-state index contributed by atoms with van der Waals surface area (Å²) in [4.78, 5) is 35.9. The van der Waals surface area contributed by atoms with Crippen molar-refractivity contribution in [1.29, 1.82) is 0 Å². The molecule has 0 aliphatic carbocycles. The zero-order valence-electron chi connectivity index (χ0n) is 19.2. The van der Waals surface area contributed by atoms with Gasteiger partial charge in [0.25, 0.3) is 17.5 Å². The van der Waals surface area contributed by atoms with E-state index in [2.05, 4.69) is 15.8 Å². The molecule has 9 nitrogen and oxygen atoms in total. The Hall–Kier alpha value is -3.17. The molecule has 0 aliphatic heterocycles. The Labute approximate surface area is 207 Å². The van der Waals surface area contributed by atoms with Gasteiger partial charge < -0.3 is 10.1 Å². The molecule has 0 bridgehead atoms. The zero-order valence-corrected chi connectivity index (χ0v) is 20.7. The van der Waals surface area contributed by atoms with E-state index in [0.717, 1.165) is 0 Å². The van der Waals surface area contributed by atoms with E-state index in [4.69, 9.17) is 27.9 Å². The third-order valence-corrected chi connectivity index (χ3v) is 5.26. The van der Waals surface area contributed by atoms with Crippen LogP contribution in [0, 0.1) is 23.0 Å². The van der Waals surface area contributed by atoms with Crippen molar-refractivity contribution in [3.8, 4) is 5.75 Å². The lowest BCUT2D eigenvalue weighted by atomic mass is 10.0. The SMILES string of the molecule is Cc1ccc(/C=N\NC(=O)[C@H](CC(C)C)NC(=O)[C@H](C)Oc2ccc(Cl)cc2Cl)cc1[N+](=O)[O-]. The Kier molecular flexibility index (Phi) is 9.83. The number of nitro groups is 1. The molecule has 2 amide bonds. The fraction of sp³-hybridized carbons (Fsp3) is 0.348. The molecule has 0 saturated carbocycles. The topological polar surface area (TPSA) is 123 Å². The van der Waals surface area contributed by atoms with Crippen molar-refractivity contribution in [2.45, 2.75) is 46.3 Å². The minimum Gasteiger partial charge on any atom is -0.479 e. The summed E-state index contributed by atoms with van der Waals surface area (Å²) < 4.78 is 5.61. The van der Waals surface area contributed by atoms with E-state index in [1.165, 1.54) is 25.3 Å². The van der Waals surface area contributed by atoms with Crippen molar-refractivity contribution in [2.75, 3.05) is 0 Å². The van der Waals surface area contributed by atoms with Gasteiger partial charge >= 0.3 is 0 Å². The lowest BCUT2D eigenvalue weighted by molar-refractivity contribution is -0.385. The minimum atomic E-state index is -0.933. The molecule has 2 atom stereocenters. The zero-order chi connectivity index (χ0) is 25.4. The number of amides is 2. The second-order valence-electron chi connectivity index (χ2n) is 8.06. The molecule has 2 aromatic rings. The van der Waals surface area contributed by atoms with Gasteiger partial charge in [-0.1, -0.05) is 49.2 Å². The number of nitrogens with zero attached hydrogens (tertiary/aromatic N) is 2. The molecule has 2 rings (SSSR count). The Morgan fingerprint density at radius 2 is 1.85 bits per heavy atom. The van der Waals surface area contributed by atoms with Crippen LogP contribution >= 0.6 is 23.2 Å². The summed E-state index contributed by atoms with van der Waals surface area (Å²) >= 11 is 12.0. The van der Waals surface area contributed by atoms with Crippen LogP contribution < -0.4 is 15.5 Å². The van der Waals surface area contributed by atoms with E-state index >= 15 is 0 Å². The molecule has 34 heavy (non-hydrogen) atoms. The molecule has 0 unspecified atom stereocenters. The number of nitrogens with one attached hydrogen (secondary N) is 2. The Bertz CT molecular complexity index is 1090.